The molecule has 0 aromatic heterocycles. The Hall–Kier alpha value is -1.02. The molecule has 1 fully saturated rings. The molecule has 0 unspecified atom stereocenters. The van der Waals surface area contributed by atoms with Gasteiger partial charge < -0.3 is 10.4 Å². The Morgan fingerprint density at radius 2 is 2.06 bits per heavy atom. The van der Waals surface area contributed by atoms with Crippen LogP contribution in [0.2, 0.25) is 0 Å². The van der Waals surface area contributed by atoms with Crippen LogP contribution >= 0.6 is 0 Å². The van der Waals surface area contributed by atoms with Crippen molar-refractivity contribution in [2.45, 2.75) is 51.0 Å². The molecule has 0 heterocycles. The van der Waals surface area contributed by atoms with Crippen molar-refractivity contribution in [3.05, 3.63) is 29.3 Å². The maximum absolute atomic E-state index is 9.71. The van der Waals surface area contributed by atoms with E-state index in [0.29, 0.717) is 11.8 Å². The van der Waals surface area contributed by atoms with Gasteiger partial charge in [0.25, 0.3) is 0 Å². The molecule has 2 nitrogen and oxygen atoms in total. The molecule has 0 bridgehead atoms. The quantitative estimate of drug-likeness (QED) is 0.858. The fourth-order valence-corrected chi connectivity index (χ4v) is 3.22. The predicted octanol–water partition coefficient (Wildman–Crippen LogP) is 2.98. The minimum Gasteiger partial charge on any atom is -0.508 e. The van der Waals surface area contributed by atoms with Crippen LogP contribution in [0.5, 0.6) is 5.75 Å². The molecule has 98 valence electrons. The Morgan fingerprint density at radius 1 is 1.28 bits per heavy atom. The number of rotatable bonds is 3. The molecule has 0 amide bonds. The Bertz CT molecular complexity index is 448. The second-order valence-electron chi connectivity index (χ2n) is 6.51. The Balaban J connectivity index is 1.83. The molecule has 1 atom stereocenters. The fraction of sp³-hybridized carbons (Fsp3) is 0.625. The first kappa shape index (κ1) is 12.0. The number of phenolic OH excluding ortho intramolecular Hbond substituents is 1. The van der Waals surface area contributed by atoms with E-state index in [1.54, 1.807) is 0 Å². The molecular formula is C16H23NO. The van der Waals surface area contributed by atoms with Crippen LogP contribution in [0, 0.1) is 5.92 Å². The van der Waals surface area contributed by atoms with Crippen LogP contribution in [0.4, 0.5) is 0 Å². The third-order valence-electron chi connectivity index (χ3n) is 4.71. The summed E-state index contributed by atoms with van der Waals surface area (Å²) in [7, 11) is 0. The van der Waals surface area contributed by atoms with Gasteiger partial charge in [0, 0.05) is 11.5 Å². The first-order valence-electron chi connectivity index (χ1n) is 7.13. The number of nitrogens with one attached hydrogen (secondary N) is 1. The van der Waals surface area contributed by atoms with Crippen LogP contribution in [0.1, 0.15) is 44.2 Å². The average molecular weight is 245 g/mol. The van der Waals surface area contributed by atoms with Gasteiger partial charge in [-0.3, -0.25) is 0 Å². The summed E-state index contributed by atoms with van der Waals surface area (Å²) in [5.74, 6) is 1.32. The van der Waals surface area contributed by atoms with Crippen LogP contribution in [-0.4, -0.2) is 17.7 Å². The molecule has 1 saturated carbocycles. The van der Waals surface area contributed by atoms with Gasteiger partial charge in [0.15, 0.2) is 0 Å². The zero-order valence-corrected chi connectivity index (χ0v) is 11.4. The van der Waals surface area contributed by atoms with E-state index in [-0.39, 0.29) is 5.41 Å². The maximum Gasteiger partial charge on any atom is 0.115 e. The highest BCUT2D eigenvalue weighted by Crippen LogP contribution is 2.39. The molecular weight excluding hydrogens is 222 g/mol. The smallest absolute Gasteiger partial charge is 0.115 e. The summed E-state index contributed by atoms with van der Waals surface area (Å²) in [5.41, 5.74) is 2.84. The zero-order valence-electron chi connectivity index (χ0n) is 11.4. The maximum atomic E-state index is 9.71. The van der Waals surface area contributed by atoms with Crippen molar-refractivity contribution in [3.63, 3.8) is 0 Å². The molecule has 0 radical (unpaired) electrons. The summed E-state index contributed by atoms with van der Waals surface area (Å²) < 4.78 is 0. The lowest BCUT2D eigenvalue weighted by atomic mass is 9.69. The number of fused-ring (bicyclic) bond motifs is 1. The van der Waals surface area contributed by atoms with Crippen molar-refractivity contribution in [1.29, 1.82) is 0 Å². The predicted molar refractivity (Wildman–Crippen MR) is 74.0 cm³/mol. The Labute approximate surface area is 109 Å². The molecule has 0 aliphatic heterocycles. The van der Waals surface area contributed by atoms with Gasteiger partial charge in [-0.1, -0.05) is 19.9 Å². The number of hydrogen-bond acceptors (Lipinski definition) is 2. The molecule has 2 aliphatic rings. The van der Waals surface area contributed by atoms with Gasteiger partial charge in [0.1, 0.15) is 5.75 Å². The van der Waals surface area contributed by atoms with Crippen LogP contribution in [0.15, 0.2) is 18.2 Å². The summed E-state index contributed by atoms with van der Waals surface area (Å²) in [6.07, 6.45) is 5.13. The molecule has 2 heteroatoms. The lowest BCUT2D eigenvalue weighted by Gasteiger charge is -2.41. The highest BCUT2D eigenvalue weighted by molar-refractivity contribution is 5.42. The number of benzene rings is 1. The van der Waals surface area contributed by atoms with Gasteiger partial charge in [-0.25, -0.2) is 0 Å². The van der Waals surface area contributed by atoms with Crippen molar-refractivity contribution in [2.24, 2.45) is 5.92 Å². The number of hydrogen-bond donors (Lipinski definition) is 2. The SMILES string of the molecule is CC1(C)c2cc(O)ccc2CC[C@@H]1NCC1CC1. The third kappa shape index (κ3) is 2.14. The largest absolute Gasteiger partial charge is 0.508 e. The highest BCUT2D eigenvalue weighted by atomic mass is 16.3. The third-order valence-corrected chi connectivity index (χ3v) is 4.71. The van der Waals surface area contributed by atoms with Gasteiger partial charge in [-0.05, 0) is 61.4 Å². The molecule has 2 aliphatic carbocycles. The minimum atomic E-state index is 0.112. The summed E-state index contributed by atoms with van der Waals surface area (Å²) in [4.78, 5) is 0. The second kappa shape index (κ2) is 4.27. The van der Waals surface area contributed by atoms with E-state index in [1.165, 1.54) is 36.9 Å². The van der Waals surface area contributed by atoms with Crippen molar-refractivity contribution < 1.29 is 5.11 Å². The molecule has 1 aromatic carbocycles. The number of aryl methyl sites for hydroxylation is 1. The Kier molecular flexibility index (Phi) is 2.86. The van der Waals surface area contributed by atoms with E-state index in [1.807, 2.05) is 12.1 Å². The summed E-state index contributed by atoms with van der Waals surface area (Å²) in [6.45, 7) is 5.77. The van der Waals surface area contributed by atoms with Gasteiger partial charge in [0.05, 0.1) is 0 Å². The Morgan fingerprint density at radius 3 is 2.78 bits per heavy atom. The summed E-state index contributed by atoms with van der Waals surface area (Å²) in [5, 5.41) is 13.5. The van der Waals surface area contributed by atoms with Crippen LogP contribution in [-0.2, 0) is 11.8 Å². The van der Waals surface area contributed by atoms with Crippen molar-refractivity contribution in [2.75, 3.05) is 6.54 Å². The highest BCUT2D eigenvalue weighted by Gasteiger charge is 2.37. The van der Waals surface area contributed by atoms with Gasteiger partial charge in [-0.15, -0.1) is 0 Å². The normalized spacial score (nSPS) is 25.8. The van der Waals surface area contributed by atoms with Crippen molar-refractivity contribution in [1.82, 2.24) is 5.32 Å². The topological polar surface area (TPSA) is 32.3 Å². The lowest BCUT2D eigenvalue weighted by Crippen LogP contribution is -2.48. The number of phenols is 1. The van der Waals surface area contributed by atoms with Crippen LogP contribution < -0.4 is 5.32 Å². The summed E-state index contributed by atoms with van der Waals surface area (Å²) >= 11 is 0. The van der Waals surface area contributed by atoms with E-state index in [9.17, 15) is 5.11 Å². The van der Waals surface area contributed by atoms with E-state index in [2.05, 4.69) is 25.2 Å². The number of aromatic hydroxyl groups is 1. The van der Waals surface area contributed by atoms with E-state index in [4.69, 9.17) is 0 Å². The average Bonchev–Trinajstić information content (AvgIpc) is 3.13. The van der Waals surface area contributed by atoms with E-state index >= 15 is 0 Å². The molecule has 18 heavy (non-hydrogen) atoms. The standard InChI is InChI=1S/C16H23NO/c1-16(2)14-9-13(18)7-5-12(14)6-8-15(16)17-10-11-3-4-11/h5,7,9,11,15,17-18H,3-4,6,8,10H2,1-2H3/t15-/m0/s1. The van der Waals surface area contributed by atoms with Crippen molar-refractivity contribution in [3.8, 4) is 5.75 Å². The van der Waals surface area contributed by atoms with E-state index in [0.717, 1.165) is 12.3 Å². The first-order chi connectivity index (χ1) is 8.57. The monoisotopic (exact) mass is 245 g/mol. The van der Waals surface area contributed by atoms with Crippen molar-refractivity contribution >= 4 is 0 Å². The summed E-state index contributed by atoms with van der Waals surface area (Å²) in [6, 6.07) is 6.39. The van der Waals surface area contributed by atoms with Crippen LogP contribution in [0.3, 0.4) is 0 Å². The minimum absolute atomic E-state index is 0.112. The molecule has 3 rings (SSSR count). The molecule has 0 saturated heterocycles. The first-order valence-corrected chi connectivity index (χ1v) is 7.13. The lowest BCUT2D eigenvalue weighted by molar-refractivity contribution is 0.299. The van der Waals surface area contributed by atoms with Crippen LogP contribution in [0.25, 0.3) is 0 Å². The van der Waals surface area contributed by atoms with Gasteiger partial charge in [-0.2, -0.15) is 0 Å². The molecule has 2 N–H and O–H groups in total. The zero-order chi connectivity index (χ0) is 12.8. The fourth-order valence-electron chi connectivity index (χ4n) is 3.22. The molecule has 1 aromatic rings. The second-order valence-corrected chi connectivity index (χ2v) is 6.51. The van der Waals surface area contributed by atoms with Gasteiger partial charge >= 0.3 is 0 Å². The molecule has 0 spiro atoms. The van der Waals surface area contributed by atoms with E-state index < -0.39 is 0 Å². The van der Waals surface area contributed by atoms with Gasteiger partial charge in [0.2, 0.25) is 0 Å².